The van der Waals surface area contributed by atoms with E-state index in [9.17, 15) is 4.79 Å². The van der Waals surface area contributed by atoms with Crippen LogP contribution in [0.1, 0.15) is 117 Å². The molecule has 5 nitrogen and oxygen atoms in total. The van der Waals surface area contributed by atoms with Gasteiger partial charge in [-0.3, -0.25) is 4.79 Å². The van der Waals surface area contributed by atoms with Gasteiger partial charge in [0, 0.05) is 24.2 Å². The summed E-state index contributed by atoms with van der Waals surface area (Å²) in [4.78, 5) is 14.2. The Labute approximate surface area is 272 Å². The third-order valence-corrected chi connectivity index (χ3v) is 8.25. The molecule has 0 aliphatic heterocycles. The summed E-state index contributed by atoms with van der Waals surface area (Å²) >= 11 is 0. The Kier molecular flexibility index (Phi) is 16.4. The van der Waals surface area contributed by atoms with E-state index in [1.165, 1.54) is 48.8 Å². The molecular formula is C40H58N2O3. The molecule has 0 atom stereocenters. The van der Waals surface area contributed by atoms with E-state index in [1.54, 1.807) is 0 Å². The number of hydrogen-bond donors (Lipinski definition) is 1. The van der Waals surface area contributed by atoms with Crippen molar-refractivity contribution in [1.29, 1.82) is 0 Å². The van der Waals surface area contributed by atoms with E-state index in [1.807, 2.05) is 10.6 Å². The molecule has 0 aliphatic rings. The van der Waals surface area contributed by atoms with Gasteiger partial charge in [0.05, 0.1) is 12.1 Å². The summed E-state index contributed by atoms with van der Waals surface area (Å²) in [6, 6.07) is 16.7. The fourth-order valence-electron chi connectivity index (χ4n) is 5.51. The highest BCUT2D eigenvalue weighted by molar-refractivity contribution is 5.90. The van der Waals surface area contributed by atoms with Gasteiger partial charge in [-0.15, -0.1) is 0 Å². The van der Waals surface area contributed by atoms with Crippen molar-refractivity contribution in [3.63, 3.8) is 0 Å². The average molecular weight is 615 g/mol. The van der Waals surface area contributed by atoms with Crippen molar-refractivity contribution in [3.8, 4) is 11.5 Å². The van der Waals surface area contributed by atoms with Crippen LogP contribution in [0.2, 0.25) is 0 Å². The van der Waals surface area contributed by atoms with Crippen LogP contribution in [0.4, 0.5) is 5.69 Å². The maximum atomic E-state index is 14.2. The molecule has 0 saturated heterocycles. The molecule has 45 heavy (non-hydrogen) atoms. The SMILES string of the molecule is CCCCCCCCn1c(=O)c(OCCCCCC)c(OCC=C(C)CCC=C(C)C)c2ccc(NCc3ccccc3)cc21. The van der Waals surface area contributed by atoms with E-state index in [0.717, 1.165) is 61.5 Å². The van der Waals surface area contributed by atoms with Gasteiger partial charge in [-0.05, 0) is 76.3 Å². The van der Waals surface area contributed by atoms with Gasteiger partial charge < -0.3 is 19.4 Å². The first-order valence-electron chi connectivity index (χ1n) is 17.5. The Balaban J connectivity index is 1.96. The highest BCUT2D eigenvalue weighted by Gasteiger charge is 2.20. The van der Waals surface area contributed by atoms with Gasteiger partial charge in [0.15, 0.2) is 5.75 Å². The Morgan fingerprint density at radius 3 is 2.24 bits per heavy atom. The molecule has 1 N–H and O–H groups in total. The number of unbranched alkanes of at least 4 members (excludes halogenated alkanes) is 8. The molecule has 1 aromatic heterocycles. The number of pyridine rings is 1. The molecule has 0 spiro atoms. The zero-order valence-electron chi connectivity index (χ0n) is 28.8. The normalized spacial score (nSPS) is 11.5. The summed E-state index contributed by atoms with van der Waals surface area (Å²) in [5.74, 6) is 0.915. The largest absolute Gasteiger partial charge is 0.485 e. The van der Waals surface area contributed by atoms with Crippen LogP contribution < -0.4 is 20.3 Å². The lowest BCUT2D eigenvalue weighted by molar-refractivity contribution is 0.272. The van der Waals surface area contributed by atoms with Crippen molar-refractivity contribution in [2.24, 2.45) is 0 Å². The predicted octanol–water partition coefficient (Wildman–Crippen LogP) is 11.0. The summed E-state index contributed by atoms with van der Waals surface area (Å²) in [6.07, 6.45) is 17.8. The summed E-state index contributed by atoms with van der Waals surface area (Å²) < 4.78 is 14.7. The molecular weight excluding hydrogens is 556 g/mol. The van der Waals surface area contributed by atoms with Crippen LogP contribution in [0.25, 0.3) is 10.9 Å². The van der Waals surface area contributed by atoms with Crippen molar-refractivity contribution in [1.82, 2.24) is 4.57 Å². The van der Waals surface area contributed by atoms with E-state index >= 15 is 0 Å². The van der Waals surface area contributed by atoms with E-state index < -0.39 is 0 Å². The standard InChI is InChI=1S/C40H58N2O3/c1-6-8-10-12-13-17-27-42-37-30-35(41-31-34-22-15-14-16-23-34)24-25-36(37)38(39(40(42)43)44-28-18-11-9-7-2)45-29-26-33(5)21-19-20-32(3)4/h14-16,20,22-26,30,41H,6-13,17-19,21,27-29,31H2,1-5H3. The third kappa shape index (κ3) is 12.4. The number of aryl methyl sites for hydroxylation is 1. The van der Waals surface area contributed by atoms with Crippen LogP contribution in [0.5, 0.6) is 11.5 Å². The van der Waals surface area contributed by atoms with Gasteiger partial charge >= 0.3 is 0 Å². The quantitative estimate of drug-likeness (QED) is 0.0903. The highest BCUT2D eigenvalue weighted by Crippen LogP contribution is 2.35. The van der Waals surface area contributed by atoms with Crippen LogP contribution >= 0.6 is 0 Å². The molecule has 0 radical (unpaired) electrons. The van der Waals surface area contributed by atoms with Gasteiger partial charge in [0.1, 0.15) is 6.61 Å². The second kappa shape index (κ2) is 20.5. The fourth-order valence-corrected chi connectivity index (χ4v) is 5.51. The van der Waals surface area contributed by atoms with Crippen molar-refractivity contribution in [2.45, 2.75) is 125 Å². The minimum Gasteiger partial charge on any atom is -0.485 e. The van der Waals surface area contributed by atoms with E-state index in [0.29, 0.717) is 37.8 Å². The molecule has 3 rings (SSSR count). The first-order valence-corrected chi connectivity index (χ1v) is 17.5. The molecule has 0 fully saturated rings. The molecule has 0 unspecified atom stereocenters. The monoisotopic (exact) mass is 614 g/mol. The predicted molar refractivity (Wildman–Crippen MR) is 193 cm³/mol. The number of nitrogens with one attached hydrogen (secondary N) is 1. The summed E-state index contributed by atoms with van der Waals surface area (Å²) in [5, 5.41) is 4.48. The first-order chi connectivity index (χ1) is 21.9. The van der Waals surface area contributed by atoms with Crippen molar-refractivity contribution >= 4 is 16.6 Å². The van der Waals surface area contributed by atoms with Crippen molar-refractivity contribution < 1.29 is 9.47 Å². The Morgan fingerprint density at radius 2 is 1.51 bits per heavy atom. The molecule has 1 heterocycles. The second-order valence-corrected chi connectivity index (χ2v) is 12.5. The van der Waals surface area contributed by atoms with Crippen LogP contribution in [0.3, 0.4) is 0 Å². The topological polar surface area (TPSA) is 52.5 Å². The minimum atomic E-state index is -0.0916. The number of allylic oxidation sites excluding steroid dienone is 3. The van der Waals surface area contributed by atoms with Crippen LogP contribution in [0.15, 0.2) is 76.6 Å². The Hall–Kier alpha value is -3.47. The van der Waals surface area contributed by atoms with E-state index in [2.05, 4.69) is 94.6 Å². The smallest absolute Gasteiger partial charge is 0.297 e. The lowest BCUT2D eigenvalue weighted by Crippen LogP contribution is -2.24. The minimum absolute atomic E-state index is 0.0916. The number of aromatic nitrogens is 1. The molecule has 0 aliphatic carbocycles. The van der Waals surface area contributed by atoms with Crippen LogP contribution in [0, 0.1) is 0 Å². The number of anilines is 1. The van der Waals surface area contributed by atoms with Crippen molar-refractivity contribution in [3.05, 3.63) is 87.7 Å². The fraction of sp³-hybridized carbons (Fsp3) is 0.525. The number of hydrogen-bond acceptors (Lipinski definition) is 4. The van der Waals surface area contributed by atoms with Gasteiger partial charge in [0.25, 0.3) is 5.56 Å². The Bertz CT molecular complexity index is 1400. The van der Waals surface area contributed by atoms with Crippen molar-refractivity contribution in [2.75, 3.05) is 18.5 Å². The summed E-state index contributed by atoms with van der Waals surface area (Å²) in [7, 11) is 0. The lowest BCUT2D eigenvalue weighted by Gasteiger charge is -2.19. The lowest BCUT2D eigenvalue weighted by atomic mass is 10.1. The molecule has 3 aromatic rings. The maximum absolute atomic E-state index is 14.2. The third-order valence-electron chi connectivity index (χ3n) is 8.25. The molecule has 0 bridgehead atoms. The molecule has 0 saturated carbocycles. The molecule has 5 heteroatoms. The molecule has 2 aromatic carbocycles. The van der Waals surface area contributed by atoms with Gasteiger partial charge in [-0.1, -0.05) is 113 Å². The first kappa shape index (κ1) is 36.0. The number of benzene rings is 2. The average Bonchev–Trinajstić information content (AvgIpc) is 3.04. The van der Waals surface area contributed by atoms with Crippen LogP contribution in [-0.4, -0.2) is 17.8 Å². The zero-order valence-corrected chi connectivity index (χ0v) is 28.8. The maximum Gasteiger partial charge on any atom is 0.297 e. The number of fused-ring (bicyclic) bond motifs is 1. The summed E-state index contributed by atoms with van der Waals surface area (Å²) in [5.41, 5.74) is 5.62. The number of nitrogens with zero attached hydrogens (tertiary/aromatic N) is 1. The number of rotatable bonds is 22. The Morgan fingerprint density at radius 1 is 0.800 bits per heavy atom. The zero-order chi connectivity index (χ0) is 32.3. The molecule has 0 amide bonds. The van der Waals surface area contributed by atoms with E-state index in [4.69, 9.17) is 9.47 Å². The van der Waals surface area contributed by atoms with E-state index in [-0.39, 0.29) is 5.56 Å². The number of ether oxygens (including phenoxy) is 2. The summed E-state index contributed by atoms with van der Waals surface area (Å²) in [6.45, 7) is 13.2. The van der Waals surface area contributed by atoms with Gasteiger partial charge in [-0.25, -0.2) is 0 Å². The van der Waals surface area contributed by atoms with Gasteiger partial charge in [0.2, 0.25) is 5.75 Å². The van der Waals surface area contributed by atoms with Gasteiger partial charge in [-0.2, -0.15) is 0 Å². The highest BCUT2D eigenvalue weighted by atomic mass is 16.5. The molecule has 246 valence electrons. The second-order valence-electron chi connectivity index (χ2n) is 12.5. The van der Waals surface area contributed by atoms with Crippen LogP contribution in [-0.2, 0) is 13.1 Å².